The molecule has 0 spiro atoms. The normalized spacial score (nSPS) is 22.0. The van der Waals surface area contributed by atoms with Crippen LogP contribution in [0.4, 0.5) is 0 Å². The molecule has 0 saturated carbocycles. The van der Waals surface area contributed by atoms with E-state index in [9.17, 15) is 4.79 Å². The van der Waals surface area contributed by atoms with Crippen molar-refractivity contribution < 1.29 is 4.79 Å². The number of amides is 1. The summed E-state index contributed by atoms with van der Waals surface area (Å²) >= 11 is 0. The number of carbonyl (C=O) groups excluding carboxylic acids is 1. The van der Waals surface area contributed by atoms with E-state index in [1.165, 1.54) is 12.8 Å². The molecular weight excluding hydrogens is 152 g/mol. The van der Waals surface area contributed by atoms with Crippen molar-refractivity contribution in [1.82, 2.24) is 10.2 Å². The zero-order valence-electron chi connectivity index (χ0n) is 7.97. The molecule has 1 fully saturated rings. The maximum Gasteiger partial charge on any atom is 0.234 e. The molecule has 1 aliphatic rings. The molecule has 0 aliphatic carbocycles. The standard InChI is InChI=1S/C9H18N2O/c1-3-4-8(2)11-6-5-10-9(12)7-11/h8H,3-7H2,1-2H3,(H,10,12). The van der Waals surface area contributed by atoms with Gasteiger partial charge in [-0.1, -0.05) is 13.3 Å². The third-order valence-electron chi connectivity index (χ3n) is 2.40. The van der Waals surface area contributed by atoms with E-state index < -0.39 is 0 Å². The molecule has 12 heavy (non-hydrogen) atoms. The van der Waals surface area contributed by atoms with Gasteiger partial charge in [0.1, 0.15) is 0 Å². The van der Waals surface area contributed by atoms with E-state index in [2.05, 4.69) is 24.1 Å². The summed E-state index contributed by atoms with van der Waals surface area (Å²) in [6, 6.07) is 0.557. The molecule has 3 nitrogen and oxygen atoms in total. The van der Waals surface area contributed by atoms with Crippen LogP contribution in [0.15, 0.2) is 0 Å². The molecule has 1 aliphatic heterocycles. The van der Waals surface area contributed by atoms with Gasteiger partial charge in [-0.3, -0.25) is 9.69 Å². The Morgan fingerprint density at radius 2 is 2.42 bits per heavy atom. The predicted molar refractivity (Wildman–Crippen MR) is 49.0 cm³/mol. The quantitative estimate of drug-likeness (QED) is 0.673. The zero-order chi connectivity index (χ0) is 8.97. The van der Waals surface area contributed by atoms with Crippen LogP contribution in [0, 0.1) is 0 Å². The summed E-state index contributed by atoms with van der Waals surface area (Å²) in [5.74, 6) is 0.171. The van der Waals surface area contributed by atoms with Crippen molar-refractivity contribution >= 4 is 5.91 Å². The van der Waals surface area contributed by atoms with Gasteiger partial charge < -0.3 is 5.32 Å². The number of piperazine rings is 1. The van der Waals surface area contributed by atoms with Crippen LogP contribution in [-0.4, -0.2) is 36.5 Å². The second-order valence-electron chi connectivity index (χ2n) is 3.46. The number of carbonyl (C=O) groups is 1. The van der Waals surface area contributed by atoms with Crippen molar-refractivity contribution in [1.29, 1.82) is 0 Å². The first-order chi connectivity index (χ1) is 5.74. The molecule has 70 valence electrons. The van der Waals surface area contributed by atoms with Crippen LogP contribution in [0.25, 0.3) is 0 Å². The van der Waals surface area contributed by atoms with E-state index in [-0.39, 0.29) is 5.91 Å². The molecule has 0 bridgehead atoms. The number of hydrogen-bond donors (Lipinski definition) is 1. The van der Waals surface area contributed by atoms with E-state index >= 15 is 0 Å². The van der Waals surface area contributed by atoms with Gasteiger partial charge in [-0.2, -0.15) is 0 Å². The van der Waals surface area contributed by atoms with Gasteiger partial charge in [-0.15, -0.1) is 0 Å². The fourth-order valence-corrected chi connectivity index (χ4v) is 1.63. The third-order valence-corrected chi connectivity index (χ3v) is 2.40. The topological polar surface area (TPSA) is 32.3 Å². The van der Waals surface area contributed by atoms with Crippen LogP contribution < -0.4 is 5.32 Å². The van der Waals surface area contributed by atoms with Gasteiger partial charge in [0, 0.05) is 19.1 Å². The van der Waals surface area contributed by atoms with E-state index in [0.29, 0.717) is 12.6 Å². The van der Waals surface area contributed by atoms with Gasteiger partial charge in [-0.25, -0.2) is 0 Å². The van der Waals surface area contributed by atoms with Crippen LogP contribution in [0.5, 0.6) is 0 Å². The fourth-order valence-electron chi connectivity index (χ4n) is 1.63. The average molecular weight is 170 g/mol. The zero-order valence-corrected chi connectivity index (χ0v) is 7.97. The summed E-state index contributed by atoms with van der Waals surface area (Å²) in [4.78, 5) is 13.3. The van der Waals surface area contributed by atoms with Gasteiger partial charge in [-0.05, 0) is 13.3 Å². The molecule has 1 saturated heterocycles. The molecule has 0 aromatic rings. The lowest BCUT2D eigenvalue weighted by Crippen LogP contribution is -2.50. The van der Waals surface area contributed by atoms with Gasteiger partial charge in [0.15, 0.2) is 0 Å². The van der Waals surface area contributed by atoms with Crippen LogP contribution >= 0.6 is 0 Å². The minimum Gasteiger partial charge on any atom is -0.354 e. The summed E-state index contributed by atoms with van der Waals surface area (Å²) < 4.78 is 0. The lowest BCUT2D eigenvalue weighted by molar-refractivity contribution is -0.124. The minimum atomic E-state index is 0.171. The molecule has 1 unspecified atom stereocenters. The first-order valence-electron chi connectivity index (χ1n) is 4.74. The smallest absolute Gasteiger partial charge is 0.234 e. The number of nitrogens with one attached hydrogen (secondary N) is 1. The number of rotatable bonds is 3. The second kappa shape index (κ2) is 4.45. The van der Waals surface area contributed by atoms with Gasteiger partial charge >= 0.3 is 0 Å². The second-order valence-corrected chi connectivity index (χ2v) is 3.46. The Morgan fingerprint density at radius 3 is 3.00 bits per heavy atom. The molecule has 1 N–H and O–H groups in total. The fraction of sp³-hybridized carbons (Fsp3) is 0.889. The van der Waals surface area contributed by atoms with E-state index in [4.69, 9.17) is 0 Å². The molecule has 0 aromatic carbocycles. The minimum absolute atomic E-state index is 0.171. The molecule has 1 amide bonds. The summed E-state index contributed by atoms with van der Waals surface area (Å²) in [5.41, 5.74) is 0. The maximum absolute atomic E-state index is 11.0. The van der Waals surface area contributed by atoms with Gasteiger partial charge in [0.25, 0.3) is 0 Å². The van der Waals surface area contributed by atoms with Crippen molar-refractivity contribution in [3.63, 3.8) is 0 Å². The van der Waals surface area contributed by atoms with Gasteiger partial charge in [0.2, 0.25) is 5.91 Å². The third kappa shape index (κ3) is 2.48. The highest BCUT2D eigenvalue weighted by molar-refractivity contribution is 5.78. The lowest BCUT2D eigenvalue weighted by atomic mass is 10.1. The highest BCUT2D eigenvalue weighted by atomic mass is 16.2. The van der Waals surface area contributed by atoms with Crippen LogP contribution in [0.3, 0.4) is 0 Å². The Hall–Kier alpha value is -0.570. The molecule has 1 heterocycles. The van der Waals surface area contributed by atoms with Crippen LogP contribution in [-0.2, 0) is 4.79 Å². The first kappa shape index (κ1) is 9.52. The molecule has 1 rings (SSSR count). The first-order valence-corrected chi connectivity index (χ1v) is 4.74. The predicted octanol–water partition coefficient (Wildman–Crippen LogP) is 0.607. The SMILES string of the molecule is CCCC(C)N1CCNC(=O)C1. The van der Waals surface area contributed by atoms with Crippen molar-refractivity contribution in [3.8, 4) is 0 Å². The largest absolute Gasteiger partial charge is 0.354 e. The van der Waals surface area contributed by atoms with E-state index in [1.54, 1.807) is 0 Å². The highest BCUT2D eigenvalue weighted by Crippen LogP contribution is 2.06. The maximum atomic E-state index is 11.0. The lowest BCUT2D eigenvalue weighted by Gasteiger charge is -2.31. The van der Waals surface area contributed by atoms with Crippen molar-refractivity contribution in [2.45, 2.75) is 32.7 Å². The van der Waals surface area contributed by atoms with Crippen molar-refractivity contribution in [2.24, 2.45) is 0 Å². The summed E-state index contributed by atoms with van der Waals surface area (Å²) in [6.45, 7) is 6.78. The van der Waals surface area contributed by atoms with Crippen LogP contribution in [0.2, 0.25) is 0 Å². The molecular formula is C9H18N2O. The Morgan fingerprint density at radius 1 is 1.67 bits per heavy atom. The summed E-state index contributed by atoms with van der Waals surface area (Å²) in [5, 5.41) is 2.83. The Kier molecular flexibility index (Phi) is 3.53. The Labute approximate surface area is 74.1 Å². The molecule has 0 aromatic heterocycles. The van der Waals surface area contributed by atoms with E-state index in [0.717, 1.165) is 13.1 Å². The monoisotopic (exact) mass is 170 g/mol. The number of hydrogen-bond acceptors (Lipinski definition) is 2. The molecule has 0 radical (unpaired) electrons. The summed E-state index contributed by atoms with van der Waals surface area (Å²) in [6.07, 6.45) is 2.38. The molecule has 3 heteroatoms. The van der Waals surface area contributed by atoms with Crippen molar-refractivity contribution in [3.05, 3.63) is 0 Å². The molecule has 1 atom stereocenters. The van der Waals surface area contributed by atoms with Gasteiger partial charge in [0.05, 0.1) is 6.54 Å². The Bertz CT molecular complexity index is 159. The summed E-state index contributed by atoms with van der Waals surface area (Å²) in [7, 11) is 0. The average Bonchev–Trinajstić information content (AvgIpc) is 2.05. The Balaban J connectivity index is 2.34. The van der Waals surface area contributed by atoms with Crippen molar-refractivity contribution in [2.75, 3.05) is 19.6 Å². The number of nitrogens with zero attached hydrogens (tertiary/aromatic N) is 1. The highest BCUT2D eigenvalue weighted by Gasteiger charge is 2.19. The van der Waals surface area contributed by atoms with E-state index in [1.807, 2.05) is 0 Å². The van der Waals surface area contributed by atoms with Crippen LogP contribution in [0.1, 0.15) is 26.7 Å².